The van der Waals surface area contributed by atoms with Crippen LogP contribution >= 0.6 is 0 Å². The van der Waals surface area contributed by atoms with Gasteiger partial charge in [0.15, 0.2) is 0 Å². The summed E-state index contributed by atoms with van der Waals surface area (Å²) < 4.78 is 5.12. The van der Waals surface area contributed by atoms with Gasteiger partial charge in [0.25, 0.3) is 0 Å². The highest BCUT2D eigenvalue weighted by Gasteiger charge is 2.40. The standard InChI is InChI=1S/C6H11NO3/c1-6(2)4(5(8)9)7-3-10-6/h4,7H,3H2,1-2H3,(H,8,9). The number of hydrogen-bond donors (Lipinski definition) is 2. The zero-order valence-corrected chi connectivity index (χ0v) is 6.05. The van der Waals surface area contributed by atoms with Crippen molar-refractivity contribution in [3.8, 4) is 0 Å². The molecule has 1 unspecified atom stereocenters. The highest BCUT2D eigenvalue weighted by Crippen LogP contribution is 2.19. The largest absolute Gasteiger partial charge is 0.480 e. The highest BCUT2D eigenvalue weighted by atomic mass is 16.5. The quantitative estimate of drug-likeness (QED) is 0.536. The van der Waals surface area contributed by atoms with Gasteiger partial charge in [0.2, 0.25) is 0 Å². The summed E-state index contributed by atoms with van der Waals surface area (Å²) in [6.07, 6.45) is 0. The van der Waals surface area contributed by atoms with E-state index in [-0.39, 0.29) is 0 Å². The van der Waals surface area contributed by atoms with Gasteiger partial charge in [-0.15, -0.1) is 0 Å². The lowest BCUT2D eigenvalue weighted by Crippen LogP contribution is -2.44. The summed E-state index contributed by atoms with van der Waals surface area (Å²) >= 11 is 0. The molecule has 0 bridgehead atoms. The van der Waals surface area contributed by atoms with Gasteiger partial charge in [0, 0.05) is 0 Å². The van der Waals surface area contributed by atoms with Crippen molar-refractivity contribution in [3.05, 3.63) is 0 Å². The number of ether oxygens (including phenoxy) is 1. The predicted molar refractivity (Wildman–Crippen MR) is 34.6 cm³/mol. The van der Waals surface area contributed by atoms with Crippen molar-refractivity contribution in [1.82, 2.24) is 5.32 Å². The average Bonchev–Trinajstić information content (AvgIpc) is 2.08. The summed E-state index contributed by atoms with van der Waals surface area (Å²) in [5, 5.41) is 11.3. The molecule has 0 radical (unpaired) electrons. The van der Waals surface area contributed by atoms with Crippen molar-refractivity contribution in [3.63, 3.8) is 0 Å². The van der Waals surface area contributed by atoms with E-state index in [0.717, 1.165) is 0 Å². The van der Waals surface area contributed by atoms with Crippen LogP contribution in [0.25, 0.3) is 0 Å². The summed E-state index contributed by atoms with van der Waals surface area (Å²) in [4.78, 5) is 10.5. The second-order valence-corrected chi connectivity index (χ2v) is 2.87. The topological polar surface area (TPSA) is 58.6 Å². The van der Waals surface area contributed by atoms with Gasteiger partial charge in [-0.05, 0) is 13.8 Å². The molecule has 10 heavy (non-hydrogen) atoms. The molecule has 1 heterocycles. The Morgan fingerprint density at radius 1 is 1.80 bits per heavy atom. The Morgan fingerprint density at radius 2 is 2.40 bits per heavy atom. The average molecular weight is 145 g/mol. The molecule has 1 atom stereocenters. The Labute approximate surface area is 59.2 Å². The van der Waals surface area contributed by atoms with Crippen LogP contribution in [0.15, 0.2) is 0 Å². The number of rotatable bonds is 1. The van der Waals surface area contributed by atoms with Crippen molar-refractivity contribution in [1.29, 1.82) is 0 Å². The Balaban J connectivity index is 2.68. The third-order valence-corrected chi connectivity index (χ3v) is 1.67. The number of nitrogens with one attached hydrogen (secondary N) is 1. The van der Waals surface area contributed by atoms with Crippen molar-refractivity contribution >= 4 is 5.97 Å². The molecule has 4 nitrogen and oxygen atoms in total. The fraction of sp³-hybridized carbons (Fsp3) is 0.833. The Kier molecular flexibility index (Phi) is 1.66. The van der Waals surface area contributed by atoms with Gasteiger partial charge >= 0.3 is 5.97 Å². The van der Waals surface area contributed by atoms with Crippen molar-refractivity contribution in [2.45, 2.75) is 25.5 Å². The maximum atomic E-state index is 10.5. The fourth-order valence-electron chi connectivity index (χ4n) is 1.02. The first-order chi connectivity index (χ1) is 4.54. The molecule has 0 spiro atoms. The van der Waals surface area contributed by atoms with Gasteiger partial charge in [-0.3, -0.25) is 10.1 Å². The Bertz CT molecular complexity index is 155. The third-order valence-electron chi connectivity index (χ3n) is 1.67. The van der Waals surface area contributed by atoms with E-state index in [1.54, 1.807) is 13.8 Å². The van der Waals surface area contributed by atoms with Crippen LogP contribution in [0.3, 0.4) is 0 Å². The lowest BCUT2D eigenvalue weighted by Gasteiger charge is -2.20. The lowest BCUT2D eigenvalue weighted by atomic mass is 10.0. The second kappa shape index (κ2) is 2.21. The Morgan fingerprint density at radius 3 is 2.60 bits per heavy atom. The third kappa shape index (κ3) is 1.12. The highest BCUT2D eigenvalue weighted by molar-refractivity contribution is 5.75. The van der Waals surface area contributed by atoms with Gasteiger partial charge in [0.1, 0.15) is 6.04 Å². The molecule has 0 saturated carbocycles. The summed E-state index contributed by atoms with van der Waals surface area (Å²) in [7, 11) is 0. The summed E-state index contributed by atoms with van der Waals surface area (Å²) in [5.41, 5.74) is -0.578. The molecular formula is C6H11NO3. The maximum Gasteiger partial charge on any atom is 0.323 e. The molecule has 0 aromatic heterocycles. The number of hydrogen-bond acceptors (Lipinski definition) is 3. The molecule has 58 valence electrons. The van der Waals surface area contributed by atoms with Crippen molar-refractivity contribution in [2.24, 2.45) is 0 Å². The van der Waals surface area contributed by atoms with Crippen LogP contribution in [0.4, 0.5) is 0 Å². The molecule has 2 N–H and O–H groups in total. The minimum atomic E-state index is -0.859. The fourth-order valence-corrected chi connectivity index (χ4v) is 1.02. The van der Waals surface area contributed by atoms with Crippen LogP contribution in [0, 0.1) is 0 Å². The molecular weight excluding hydrogens is 134 g/mol. The van der Waals surface area contributed by atoms with E-state index in [4.69, 9.17) is 9.84 Å². The second-order valence-electron chi connectivity index (χ2n) is 2.87. The van der Waals surface area contributed by atoms with E-state index >= 15 is 0 Å². The van der Waals surface area contributed by atoms with E-state index in [1.165, 1.54) is 0 Å². The zero-order valence-electron chi connectivity index (χ0n) is 6.05. The molecule has 1 rings (SSSR count). The minimum absolute atomic E-state index is 0.323. The van der Waals surface area contributed by atoms with Crippen LogP contribution < -0.4 is 5.32 Å². The molecule has 0 amide bonds. The van der Waals surface area contributed by atoms with Gasteiger partial charge in [-0.25, -0.2) is 0 Å². The van der Waals surface area contributed by atoms with Gasteiger partial charge in [0.05, 0.1) is 12.3 Å². The van der Waals surface area contributed by atoms with E-state index in [9.17, 15) is 4.79 Å². The number of carbonyl (C=O) groups is 1. The first kappa shape index (κ1) is 7.50. The van der Waals surface area contributed by atoms with Crippen LogP contribution in [-0.4, -0.2) is 29.4 Å². The molecule has 4 heteroatoms. The zero-order chi connectivity index (χ0) is 7.78. The van der Waals surface area contributed by atoms with E-state index in [0.29, 0.717) is 6.73 Å². The summed E-state index contributed by atoms with van der Waals surface area (Å²) in [5.74, 6) is -0.859. The lowest BCUT2D eigenvalue weighted by molar-refractivity contribution is -0.142. The Hall–Kier alpha value is -0.610. The number of aliphatic carboxylic acids is 1. The van der Waals surface area contributed by atoms with Crippen LogP contribution in [0.1, 0.15) is 13.8 Å². The molecule has 0 aromatic rings. The van der Waals surface area contributed by atoms with Crippen LogP contribution in [0.5, 0.6) is 0 Å². The predicted octanol–water partition coefficient (Wildman–Crippen LogP) is -0.205. The van der Waals surface area contributed by atoms with Gasteiger partial charge in [-0.1, -0.05) is 0 Å². The first-order valence-corrected chi connectivity index (χ1v) is 3.14. The molecule has 1 aliphatic rings. The van der Waals surface area contributed by atoms with E-state index < -0.39 is 17.6 Å². The molecule has 1 saturated heterocycles. The van der Waals surface area contributed by atoms with Gasteiger partial charge < -0.3 is 9.84 Å². The van der Waals surface area contributed by atoms with Crippen LogP contribution in [-0.2, 0) is 9.53 Å². The normalized spacial score (nSPS) is 30.4. The smallest absolute Gasteiger partial charge is 0.323 e. The van der Waals surface area contributed by atoms with Crippen LogP contribution in [0.2, 0.25) is 0 Å². The molecule has 0 aliphatic carbocycles. The van der Waals surface area contributed by atoms with E-state index in [2.05, 4.69) is 5.32 Å². The summed E-state index contributed by atoms with van der Waals surface area (Å²) in [6, 6.07) is -0.576. The molecule has 0 aromatic carbocycles. The maximum absolute atomic E-state index is 10.5. The summed E-state index contributed by atoms with van der Waals surface area (Å²) in [6.45, 7) is 3.83. The molecule has 1 aliphatic heterocycles. The van der Waals surface area contributed by atoms with Crippen molar-refractivity contribution < 1.29 is 14.6 Å². The SMILES string of the molecule is CC1(C)OCNC1C(=O)O. The van der Waals surface area contributed by atoms with Crippen molar-refractivity contribution in [2.75, 3.05) is 6.73 Å². The van der Waals surface area contributed by atoms with Gasteiger partial charge in [-0.2, -0.15) is 0 Å². The first-order valence-electron chi connectivity index (χ1n) is 3.14. The number of carboxylic acids is 1. The minimum Gasteiger partial charge on any atom is -0.480 e. The van der Waals surface area contributed by atoms with E-state index in [1.807, 2.05) is 0 Å². The monoisotopic (exact) mass is 145 g/mol. The number of carboxylic acid groups (broad SMARTS) is 1. The molecule has 1 fully saturated rings.